The van der Waals surface area contributed by atoms with Gasteiger partial charge in [0.2, 0.25) is 5.88 Å². The molecule has 1 unspecified atom stereocenters. The van der Waals surface area contributed by atoms with Crippen LogP contribution in [0.1, 0.15) is 48.5 Å². The number of nitrogens with zero attached hydrogens (tertiary/aromatic N) is 1. The summed E-state index contributed by atoms with van der Waals surface area (Å²) in [6.07, 6.45) is -0.703. The molecule has 8 heteroatoms. The minimum Gasteiger partial charge on any atom is -0.474 e. The van der Waals surface area contributed by atoms with Gasteiger partial charge in [-0.15, -0.1) is 0 Å². The first kappa shape index (κ1) is 20.7. The Morgan fingerprint density at radius 1 is 1.10 bits per heavy atom. The van der Waals surface area contributed by atoms with E-state index in [0.717, 1.165) is 42.7 Å². The van der Waals surface area contributed by atoms with E-state index in [1.165, 1.54) is 6.07 Å². The van der Waals surface area contributed by atoms with Gasteiger partial charge in [-0.3, -0.25) is 4.79 Å². The zero-order valence-electron chi connectivity index (χ0n) is 16.3. The number of ether oxygens (including phenoxy) is 2. The van der Waals surface area contributed by atoms with E-state index < -0.39 is 17.8 Å². The molecule has 1 fully saturated rings. The Balaban J connectivity index is 1.27. The number of halogens is 3. The number of amides is 1. The van der Waals surface area contributed by atoms with E-state index in [2.05, 4.69) is 10.3 Å². The lowest BCUT2D eigenvalue weighted by Gasteiger charge is -2.31. The maximum Gasteiger partial charge on any atom is 0.417 e. The van der Waals surface area contributed by atoms with Crippen molar-refractivity contribution in [2.45, 2.75) is 56.5 Å². The summed E-state index contributed by atoms with van der Waals surface area (Å²) in [7, 11) is 0. The molecule has 1 aliphatic carbocycles. The summed E-state index contributed by atoms with van der Waals surface area (Å²) in [6, 6.07) is 10.1. The lowest BCUT2D eigenvalue weighted by atomic mass is 9.92. The molecule has 1 aromatic heterocycles. The molecule has 1 aliphatic heterocycles. The minimum atomic E-state index is -4.41. The van der Waals surface area contributed by atoms with Gasteiger partial charge >= 0.3 is 6.18 Å². The van der Waals surface area contributed by atoms with Gasteiger partial charge in [-0.1, -0.05) is 24.3 Å². The summed E-state index contributed by atoms with van der Waals surface area (Å²) in [5.41, 5.74) is 1.27. The monoisotopic (exact) mass is 420 g/mol. The SMILES string of the molecule is O=C(NC1CCC(Oc2ccc(C(F)(F)F)cn2)CC1)C1OCCc2ccccc21. The van der Waals surface area contributed by atoms with Gasteiger partial charge in [-0.2, -0.15) is 13.2 Å². The first-order chi connectivity index (χ1) is 14.4. The number of benzene rings is 1. The Morgan fingerprint density at radius 2 is 1.87 bits per heavy atom. The Bertz CT molecular complexity index is 878. The molecule has 1 amide bonds. The van der Waals surface area contributed by atoms with E-state index >= 15 is 0 Å². The van der Waals surface area contributed by atoms with Crippen molar-refractivity contribution in [1.82, 2.24) is 10.3 Å². The highest BCUT2D eigenvalue weighted by Crippen LogP contribution is 2.31. The largest absolute Gasteiger partial charge is 0.474 e. The highest BCUT2D eigenvalue weighted by molar-refractivity contribution is 5.83. The fraction of sp³-hybridized carbons (Fsp3) is 0.455. The van der Waals surface area contributed by atoms with E-state index in [-0.39, 0.29) is 23.9 Å². The van der Waals surface area contributed by atoms with Crippen LogP contribution in [-0.4, -0.2) is 29.6 Å². The number of rotatable bonds is 4. The van der Waals surface area contributed by atoms with Crippen LogP contribution >= 0.6 is 0 Å². The minimum absolute atomic E-state index is 0.0237. The van der Waals surface area contributed by atoms with Gasteiger partial charge in [0, 0.05) is 18.3 Å². The molecule has 0 saturated heterocycles. The molecule has 0 radical (unpaired) electrons. The third-order valence-corrected chi connectivity index (χ3v) is 5.60. The van der Waals surface area contributed by atoms with Crippen molar-refractivity contribution in [2.75, 3.05) is 6.61 Å². The van der Waals surface area contributed by atoms with E-state index in [1.807, 2.05) is 24.3 Å². The average molecular weight is 420 g/mol. The molecule has 5 nitrogen and oxygen atoms in total. The van der Waals surface area contributed by atoms with Gasteiger partial charge in [-0.25, -0.2) is 4.98 Å². The zero-order valence-corrected chi connectivity index (χ0v) is 16.3. The number of fused-ring (bicyclic) bond motifs is 1. The Labute approximate surface area is 172 Å². The van der Waals surface area contributed by atoms with Gasteiger partial charge in [0.25, 0.3) is 5.91 Å². The number of carbonyl (C=O) groups is 1. The lowest BCUT2D eigenvalue weighted by molar-refractivity contribution is -0.138. The van der Waals surface area contributed by atoms with Crippen LogP contribution in [0.25, 0.3) is 0 Å². The summed E-state index contributed by atoms with van der Waals surface area (Å²) >= 11 is 0. The zero-order chi connectivity index (χ0) is 21.1. The fourth-order valence-electron chi connectivity index (χ4n) is 4.00. The van der Waals surface area contributed by atoms with Crippen molar-refractivity contribution in [1.29, 1.82) is 0 Å². The normalized spacial score (nSPS) is 24.0. The smallest absolute Gasteiger partial charge is 0.417 e. The number of nitrogens with one attached hydrogen (secondary N) is 1. The number of pyridine rings is 1. The van der Waals surface area contributed by atoms with Crippen molar-refractivity contribution in [3.8, 4) is 5.88 Å². The predicted molar refractivity (Wildman–Crippen MR) is 103 cm³/mol. The number of alkyl halides is 3. The molecular weight excluding hydrogens is 397 g/mol. The van der Waals surface area contributed by atoms with Crippen LogP contribution in [0.4, 0.5) is 13.2 Å². The number of hydrogen-bond donors (Lipinski definition) is 1. The van der Waals surface area contributed by atoms with Crippen LogP contribution in [0.3, 0.4) is 0 Å². The van der Waals surface area contributed by atoms with Crippen LogP contribution in [-0.2, 0) is 22.1 Å². The topological polar surface area (TPSA) is 60.5 Å². The van der Waals surface area contributed by atoms with Crippen LogP contribution in [0.5, 0.6) is 5.88 Å². The molecule has 1 atom stereocenters. The van der Waals surface area contributed by atoms with Crippen LogP contribution in [0, 0.1) is 0 Å². The third kappa shape index (κ3) is 4.75. The highest BCUT2D eigenvalue weighted by atomic mass is 19.4. The summed E-state index contributed by atoms with van der Waals surface area (Å²) < 4.78 is 49.3. The molecule has 0 spiro atoms. The maximum atomic E-state index is 12.7. The van der Waals surface area contributed by atoms with E-state index in [4.69, 9.17) is 9.47 Å². The molecule has 2 heterocycles. The molecule has 2 aliphatic rings. The Morgan fingerprint density at radius 3 is 2.57 bits per heavy atom. The van der Waals surface area contributed by atoms with Crippen LogP contribution in [0.15, 0.2) is 42.6 Å². The average Bonchev–Trinajstić information content (AvgIpc) is 2.74. The summed E-state index contributed by atoms with van der Waals surface area (Å²) in [4.78, 5) is 16.5. The second kappa shape index (κ2) is 8.63. The molecule has 2 aromatic rings. The van der Waals surface area contributed by atoms with Gasteiger partial charge in [0.15, 0.2) is 6.10 Å². The van der Waals surface area contributed by atoms with Crippen molar-refractivity contribution in [3.63, 3.8) is 0 Å². The van der Waals surface area contributed by atoms with Crippen LogP contribution in [0.2, 0.25) is 0 Å². The quantitative estimate of drug-likeness (QED) is 0.805. The van der Waals surface area contributed by atoms with Gasteiger partial charge in [0.1, 0.15) is 6.10 Å². The Hall–Kier alpha value is -2.61. The van der Waals surface area contributed by atoms with Crippen molar-refractivity contribution >= 4 is 5.91 Å². The van der Waals surface area contributed by atoms with Gasteiger partial charge < -0.3 is 14.8 Å². The first-order valence-corrected chi connectivity index (χ1v) is 10.1. The van der Waals surface area contributed by atoms with Crippen LogP contribution < -0.4 is 10.1 Å². The second-order valence-corrected chi connectivity index (χ2v) is 7.68. The number of hydrogen-bond acceptors (Lipinski definition) is 4. The summed E-state index contributed by atoms with van der Waals surface area (Å²) in [6.45, 7) is 0.524. The molecule has 0 bridgehead atoms. The molecule has 1 aromatic carbocycles. The van der Waals surface area contributed by atoms with Gasteiger partial charge in [-0.05, 0) is 49.3 Å². The van der Waals surface area contributed by atoms with E-state index in [0.29, 0.717) is 19.4 Å². The maximum absolute atomic E-state index is 12.7. The molecule has 30 heavy (non-hydrogen) atoms. The molecule has 1 saturated carbocycles. The third-order valence-electron chi connectivity index (χ3n) is 5.60. The van der Waals surface area contributed by atoms with Crippen molar-refractivity contribution in [3.05, 3.63) is 59.3 Å². The predicted octanol–water partition coefficient (Wildman–Crippen LogP) is 4.22. The fourth-order valence-corrected chi connectivity index (χ4v) is 4.00. The summed E-state index contributed by atoms with van der Waals surface area (Å²) in [5, 5.41) is 3.08. The Kier molecular flexibility index (Phi) is 5.94. The molecular formula is C22H23F3N2O3. The molecule has 160 valence electrons. The standard InChI is InChI=1S/C22H23F3N2O3/c23-22(24,25)15-5-10-19(26-13-15)30-17-8-6-16(7-9-17)27-21(28)20-18-4-2-1-3-14(18)11-12-29-20/h1-5,10,13,16-17,20H,6-9,11-12H2,(H,27,28). The number of carbonyl (C=O) groups excluding carboxylic acids is 1. The number of aromatic nitrogens is 1. The summed E-state index contributed by atoms with van der Waals surface area (Å²) in [5.74, 6) is 0.0543. The molecule has 1 N–H and O–H groups in total. The van der Waals surface area contributed by atoms with Crippen molar-refractivity contribution < 1.29 is 27.4 Å². The van der Waals surface area contributed by atoms with Gasteiger partial charge in [0.05, 0.1) is 12.2 Å². The highest BCUT2D eigenvalue weighted by Gasteiger charge is 2.32. The van der Waals surface area contributed by atoms with Crippen molar-refractivity contribution in [2.24, 2.45) is 0 Å². The lowest BCUT2D eigenvalue weighted by Crippen LogP contribution is -2.43. The molecule has 4 rings (SSSR count). The van der Waals surface area contributed by atoms with E-state index in [1.54, 1.807) is 0 Å². The second-order valence-electron chi connectivity index (χ2n) is 7.68. The first-order valence-electron chi connectivity index (χ1n) is 10.1. The van der Waals surface area contributed by atoms with E-state index in [9.17, 15) is 18.0 Å².